The summed E-state index contributed by atoms with van der Waals surface area (Å²) in [6.45, 7) is 6.58. The minimum Gasteiger partial charge on any atom is -0.378 e. The number of hydrogen-bond acceptors (Lipinski definition) is 7. The van der Waals surface area contributed by atoms with Crippen molar-refractivity contribution in [1.29, 1.82) is 0 Å². The van der Waals surface area contributed by atoms with Crippen molar-refractivity contribution in [3.8, 4) is 0 Å². The number of pyridine rings is 1. The third-order valence-corrected chi connectivity index (χ3v) is 5.33. The Morgan fingerprint density at radius 3 is 2.42 bits per heavy atom. The highest BCUT2D eigenvalue weighted by molar-refractivity contribution is 9.10. The first kappa shape index (κ1) is 17.8. The van der Waals surface area contributed by atoms with Gasteiger partial charge in [0.15, 0.2) is 0 Å². The zero-order chi connectivity index (χ0) is 17.9. The van der Waals surface area contributed by atoms with Crippen LogP contribution in [-0.2, 0) is 4.74 Å². The predicted molar refractivity (Wildman–Crippen MR) is 106 cm³/mol. The van der Waals surface area contributed by atoms with Crippen LogP contribution >= 0.6 is 27.5 Å². The average Bonchev–Trinajstić information content (AvgIpc) is 2.69. The normalized spacial score (nSPS) is 18.3. The number of piperazine rings is 1. The van der Waals surface area contributed by atoms with Gasteiger partial charge in [0.1, 0.15) is 11.6 Å². The van der Waals surface area contributed by atoms with Gasteiger partial charge in [-0.1, -0.05) is 11.6 Å². The minimum absolute atomic E-state index is 0.671. The summed E-state index contributed by atoms with van der Waals surface area (Å²) in [4.78, 5) is 20.3. The Hall–Kier alpha value is -1.64. The largest absolute Gasteiger partial charge is 0.378 e. The fourth-order valence-electron chi connectivity index (χ4n) is 3.22. The molecule has 0 aromatic carbocycles. The molecule has 7 nitrogen and oxygen atoms in total. The third-order valence-electron chi connectivity index (χ3n) is 4.61. The number of anilines is 3. The quantitative estimate of drug-likeness (QED) is 0.728. The molecule has 4 heterocycles. The monoisotopic (exact) mass is 438 g/mol. The lowest BCUT2D eigenvalue weighted by atomic mass is 10.3. The van der Waals surface area contributed by atoms with Gasteiger partial charge in [-0.05, 0) is 28.1 Å². The molecule has 0 atom stereocenters. The lowest BCUT2D eigenvalue weighted by Gasteiger charge is -2.36. The van der Waals surface area contributed by atoms with Crippen molar-refractivity contribution in [2.75, 3.05) is 67.2 Å². The van der Waals surface area contributed by atoms with Crippen molar-refractivity contribution in [2.45, 2.75) is 0 Å². The van der Waals surface area contributed by atoms with Crippen LogP contribution in [0.4, 0.5) is 17.6 Å². The molecule has 0 spiro atoms. The second kappa shape index (κ2) is 7.94. The Labute approximate surface area is 166 Å². The Kier molecular flexibility index (Phi) is 5.42. The minimum atomic E-state index is 0.671. The predicted octanol–water partition coefficient (Wildman–Crippen LogP) is 2.45. The van der Waals surface area contributed by atoms with Crippen molar-refractivity contribution in [1.82, 2.24) is 15.0 Å². The number of aromatic nitrogens is 3. The van der Waals surface area contributed by atoms with E-state index in [0.29, 0.717) is 5.02 Å². The van der Waals surface area contributed by atoms with E-state index in [0.717, 1.165) is 74.5 Å². The summed E-state index contributed by atoms with van der Waals surface area (Å²) >= 11 is 9.74. The van der Waals surface area contributed by atoms with E-state index in [2.05, 4.69) is 40.6 Å². The molecule has 2 fully saturated rings. The summed E-state index contributed by atoms with van der Waals surface area (Å²) in [5, 5.41) is 0.671. The molecule has 0 unspecified atom stereocenters. The molecule has 2 aromatic rings. The molecule has 0 saturated carbocycles. The smallest absolute Gasteiger partial charge is 0.227 e. The number of halogens is 2. The molecule has 0 amide bonds. The van der Waals surface area contributed by atoms with Crippen molar-refractivity contribution >= 4 is 45.1 Å². The Morgan fingerprint density at radius 2 is 1.69 bits per heavy atom. The van der Waals surface area contributed by atoms with Gasteiger partial charge in [-0.25, -0.2) is 9.97 Å². The van der Waals surface area contributed by atoms with E-state index >= 15 is 0 Å². The molecule has 0 radical (unpaired) electrons. The van der Waals surface area contributed by atoms with Gasteiger partial charge < -0.3 is 19.4 Å². The molecule has 4 rings (SSSR count). The first-order valence-electron chi connectivity index (χ1n) is 8.67. The second-order valence-electron chi connectivity index (χ2n) is 6.25. The van der Waals surface area contributed by atoms with Crippen LogP contribution in [-0.4, -0.2) is 67.4 Å². The fraction of sp³-hybridized carbons (Fsp3) is 0.471. The number of morpholine rings is 1. The van der Waals surface area contributed by atoms with Crippen molar-refractivity contribution in [3.05, 3.63) is 34.0 Å². The van der Waals surface area contributed by atoms with Crippen LogP contribution in [0.5, 0.6) is 0 Å². The van der Waals surface area contributed by atoms with Gasteiger partial charge >= 0.3 is 0 Å². The number of hydrogen-bond donors (Lipinski definition) is 0. The molecular formula is C17H20BrClN6O. The van der Waals surface area contributed by atoms with E-state index in [4.69, 9.17) is 21.3 Å². The van der Waals surface area contributed by atoms with Crippen molar-refractivity contribution in [2.24, 2.45) is 0 Å². The van der Waals surface area contributed by atoms with Crippen LogP contribution in [0.2, 0.25) is 5.02 Å². The summed E-state index contributed by atoms with van der Waals surface area (Å²) in [7, 11) is 0. The SMILES string of the molecule is Clc1cc(Br)cnc1N1CCN(c2ccnc(N3CCOCC3)n2)CC1. The van der Waals surface area contributed by atoms with E-state index in [1.165, 1.54) is 0 Å². The molecule has 0 N–H and O–H groups in total. The lowest BCUT2D eigenvalue weighted by molar-refractivity contribution is 0.122. The van der Waals surface area contributed by atoms with Crippen LogP contribution in [0.1, 0.15) is 0 Å². The van der Waals surface area contributed by atoms with Crippen LogP contribution in [0, 0.1) is 0 Å². The first-order chi connectivity index (χ1) is 12.7. The lowest BCUT2D eigenvalue weighted by Crippen LogP contribution is -2.47. The van der Waals surface area contributed by atoms with E-state index in [-0.39, 0.29) is 0 Å². The molecule has 2 aliphatic heterocycles. The summed E-state index contributed by atoms with van der Waals surface area (Å²) in [6.07, 6.45) is 3.62. The van der Waals surface area contributed by atoms with Gasteiger partial charge in [0, 0.05) is 56.1 Å². The second-order valence-corrected chi connectivity index (χ2v) is 7.57. The number of rotatable bonds is 3. The highest BCUT2D eigenvalue weighted by atomic mass is 79.9. The number of nitrogens with zero attached hydrogens (tertiary/aromatic N) is 6. The van der Waals surface area contributed by atoms with Crippen LogP contribution in [0.25, 0.3) is 0 Å². The standard InChI is InChI=1S/C17H20BrClN6O/c18-13-11-14(19)16(21-12-13)24-5-3-23(4-6-24)15-1-2-20-17(22-15)25-7-9-26-10-8-25/h1-2,11-12H,3-10H2. The highest BCUT2D eigenvalue weighted by Crippen LogP contribution is 2.27. The van der Waals surface area contributed by atoms with E-state index in [1.54, 1.807) is 6.20 Å². The summed E-state index contributed by atoms with van der Waals surface area (Å²) in [5.41, 5.74) is 0. The maximum atomic E-state index is 6.34. The van der Waals surface area contributed by atoms with E-state index in [9.17, 15) is 0 Å². The Balaban J connectivity index is 1.43. The van der Waals surface area contributed by atoms with Crippen molar-refractivity contribution < 1.29 is 4.74 Å². The van der Waals surface area contributed by atoms with Gasteiger partial charge in [-0.15, -0.1) is 0 Å². The van der Waals surface area contributed by atoms with Gasteiger partial charge in [-0.2, -0.15) is 4.98 Å². The molecule has 9 heteroatoms. The molecule has 0 aliphatic carbocycles. The van der Waals surface area contributed by atoms with E-state index < -0.39 is 0 Å². The molecule has 2 saturated heterocycles. The van der Waals surface area contributed by atoms with Crippen molar-refractivity contribution in [3.63, 3.8) is 0 Å². The summed E-state index contributed by atoms with van der Waals surface area (Å²) in [6, 6.07) is 3.86. The van der Waals surface area contributed by atoms with E-state index in [1.807, 2.05) is 18.3 Å². The van der Waals surface area contributed by atoms with Crippen LogP contribution < -0.4 is 14.7 Å². The topological polar surface area (TPSA) is 57.6 Å². The summed E-state index contributed by atoms with van der Waals surface area (Å²) in [5.74, 6) is 2.59. The zero-order valence-electron chi connectivity index (χ0n) is 14.3. The molecule has 26 heavy (non-hydrogen) atoms. The third kappa shape index (κ3) is 3.87. The Morgan fingerprint density at radius 1 is 0.962 bits per heavy atom. The maximum absolute atomic E-state index is 6.34. The van der Waals surface area contributed by atoms with Crippen LogP contribution in [0.3, 0.4) is 0 Å². The molecule has 138 valence electrons. The van der Waals surface area contributed by atoms with Gasteiger partial charge in [0.05, 0.1) is 18.2 Å². The first-order valence-corrected chi connectivity index (χ1v) is 9.84. The maximum Gasteiger partial charge on any atom is 0.227 e. The van der Waals surface area contributed by atoms with Crippen LogP contribution in [0.15, 0.2) is 29.0 Å². The molecule has 2 aromatic heterocycles. The van der Waals surface area contributed by atoms with Gasteiger partial charge in [0.2, 0.25) is 5.95 Å². The highest BCUT2D eigenvalue weighted by Gasteiger charge is 2.22. The van der Waals surface area contributed by atoms with Gasteiger partial charge in [-0.3, -0.25) is 0 Å². The van der Waals surface area contributed by atoms with Gasteiger partial charge in [0.25, 0.3) is 0 Å². The molecule has 2 aliphatic rings. The molecular weight excluding hydrogens is 420 g/mol. The number of ether oxygens (including phenoxy) is 1. The molecule has 0 bridgehead atoms. The summed E-state index contributed by atoms with van der Waals surface area (Å²) < 4.78 is 6.30. The Bertz CT molecular complexity index is 765. The average molecular weight is 440 g/mol. The zero-order valence-corrected chi connectivity index (χ0v) is 16.7. The fourth-order valence-corrected chi connectivity index (χ4v) is 3.97.